The van der Waals surface area contributed by atoms with Gasteiger partial charge in [0.25, 0.3) is 0 Å². The normalized spacial score (nSPS) is 22.9. The highest BCUT2D eigenvalue weighted by Gasteiger charge is 2.22. The fourth-order valence-electron chi connectivity index (χ4n) is 1.66. The zero-order valence-corrected chi connectivity index (χ0v) is 8.12. The fourth-order valence-corrected chi connectivity index (χ4v) is 1.66. The molecule has 2 amide bonds. The van der Waals surface area contributed by atoms with Crippen LogP contribution in [0.25, 0.3) is 0 Å². The first-order chi connectivity index (χ1) is 6.27. The van der Waals surface area contributed by atoms with E-state index in [1.54, 1.807) is 4.90 Å². The Hall–Kier alpha value is -0.770. The number of nitrogens with one attached hydrogen (secondary N) is 1. The summed E-state index contributed by atoms with van der Waals surface area (Å²) in [5.74, 6) is 0.274. The van der Waals surface area contributed by atoms with Crippen molar-refractivity contribution in [2.24, 2.45) is 5.92 Å². The van der Waals surface area contributed by atoms with Gasteiger partial charge >= 0.3 is 6.03 Å². The number of hydrogen-bond donors (Lipinski definition) is 2. The zero-order chi connectivity index (χ0) is 9.68. The minimum Gasteiger partial charge on any atom is -0.396 e. The second kappa shape index (κ2) is 5.07. The number of aliphatic hydroxyl groups excluding tert-OH is 1. The first kappa shape index (κ1) is 10.3. The molecule has 0 aliphatic carbocycles. The Bertz CT molecular complexity index is 173. The second-order valence-corrected chi connectivity index (χ2v) is 3.47. The predicted molar refractivity (Wildman–Crippen MR) is 50.5 cm³/mol. The molecule has 0 saturated carbocycles. The number of rotatable bonds is 2. The van der Waals surface area contributed by atoms with Gasteiger partial charge in [0.2, 0.25) is 0 Å². The van der Waals surface area contributed by atoms with Gasteiger partial charge in [-0.1, -0.05) is 0 Å². The molecule has 1 aliphatic rings. The fraction of sp³-hybridized carbons (Fsp3) is 0.889. The molecule has 0 spiro atoms. The van der Waals surface area contributed by atoms with Crippen molar-refractivity contribution in [2.45, 2.75) is 19.8 Å². The van der Waals surface area contributed by atoms with Gasteiger partial charge in [0, 0.05) is 26.2 Å². The number of carbonyl (C=O) groups is 1. The summed E-state index contributed by atoms with van der Waals surface area (Å²) < 4.78 is 0. The molecule has 0 aromatic rings. The van der Waals surface area contributed by atoms with Gasteiger partial charge in [-0.2, -0.15) is 0 Å². The van der Waals surface area contributed by atoms with Gasteiger partial charge in [-0.25, -0.2) is 4.79 Å². The van der Waals surface area contributed by atoms with E-state index in [9.17, 15) is 4.79 Å². The predicted octanol–water partition coefficient (Wildman–Crippen LogP) is 0.420. The molecule has 4 heteroatoms. The van der Waals surface area contributed by atoms with Crippen LogP contribution in [-0.2, 0) is 0 Å². The van der Waals surface area contributed by atoms with E-state index in [0.29, 0.717) is 13.1 Å². The first-order valence-electron chi connectivity index (χ1n) is 4.91. The van der Waals surface area contributed by atoms with Gasteiger partial charge in [-0.15, -0.1) is 0 Å². The minimum absolute atomic E-state index is 0.000602. The molecule has 1 aliphatic heterocycles. The van der Waals surface area contributed by atoms with Crippen LogP contribution < -0.4 is 5.32 Å². The van der Waals surface area contributed by atoms with Crippen molar-refractivity contribution in [1.29, 1.82) is 0 Å². The third-order valence-corrected chi connectivity index (χ3v) is 2.39. The lowest BCUT2D eigenvalue weighted by molar-refractivity contribution is 0.130. The van der Waals surface area contributed by atoms with Crippen LogP contribution in [0.4, 0.5) is 4.79 Å². The standard InChI is InChI=1S/C9H18N2O2/c1-2-10-9(13)11-5-3-4-8(6-11)7-12/h8,12H,2-7H2,1H3,(H,10,13). The Kier molecular flexibility index (Phi) is 4.02. The molecule has 1 fully saturated rings. The van der Waals surface area contributed by atoms with Gasteiger partial charge in [0.1, 0.15) is 0 Å². The number of amides is 2. The summed E-state index contributed by atoms with van der Waals surface area (Å²) in [5.41, 5.74) is 0. The molecule has 76 valence electrons. The molecular formula is C9H18N2O2. The van der Waals surface area contributed by atoms with Crippen LogP contribution >= 0.6 is 0 Å². The van der Waals surface area contributed by atoms with E-state index in [1.165, 1.54) is 0 Å². The highest BCUT2D eigenvalue weighted by molar-refractivity contribution is 5.74. The van der Waals surface area contributed by atoms with E-state index in [0.717, 1.165) is 19.4 Å². The first-order valence-corrected chi connectivity index (χ1v) is 4.91. The number of carbonyl (C=O) groups excluding carboxylic acids is 1. The van der Waals surface area contributed by atoms with Crippen LogP contribution in [0.5, 0.6) is 0 Å². The highest BCUT2D eigenvalue weighted by atomic mass is 16.3. The van der Waals surface area contributed by atoms with Crippen molar-refractivity contribution in [2.75, 3.05) is 26.2 Å². The summed E-state index contributed by atoms with van der Waals surface area (Å²) in [6, 6.07) is 0.000602. The van der Waals surface area contributed by atoms with Crippen LogP contribution in [0.2, 0.25) is 0 Å². The summed E-state index contributed by atoms with van der Waals surface area (Å²) in [5, 5.41) is 11.7. The Morgan fingerprint density at radius 1 is 1.69 bits per heavy atom. The van der Waals surface area contributed by atoms with Gasteiger partial charge in [-0.3, -0.25) is 0 Å². The average molecular weight is 186 g/mol. The quantitative estimate of drug-likeness (QED) is 0.656. The molecule has 1 rings (SSSR count). The van der Waals surface area contributed by atoms with Gasteiger partial charge in [0.05, 0.1) is 0 Å². The smallest absolute Gasteiger partial charge is 0.317 e. The molecule has 0 aromatic carbocycles. The van der Waals surface area contributed by atoms with Crippen LogP contribution in [0.1, 0.15) is 19.8 Å². The molecule has 1 saturated heterocycles. The summed E-state index contributed by atoms with van der Waals surface area (Å²) in [6.45, 7) is 4.28. The maximum absolute atomic E-state index is 11.4. The molecule has 0 aromatic heterocycles. The van der Waals surface area contributed by atoms with E-state index in [1.807, 2.05) is 6.92 Å². The lowest BCUT2D eigenvalue weighted by Crippen LogP contribution is -2.46. The molecular weight excluding hydrogens is 168 g/mol. The van der Waals surface area contributed by atoms with Gasteiger partial charge < -0.3 is 15.3 Å². The van der Waals surface area contributed by atoms with Crippen molar-refractivity contribution in [1.82, 2.24) is 10.2 Å². The van der Waals surface area contributed by atoms with Gasteiger partial charge in [-0.05, 0) is 25.7 Å². The van der Waals surface area contributed by atoms with Crippen LogP contribution in [0.3, 0.4) is 0 Å². The molecule has 2 N–H and O–H groups in total. The van der Waals surface area contributed by atoms with Crippen molar-refractivity contribution in [3.05, 3.63) is 0 Å². The Morgan fingerprint density at radius 3 is 3.08 bits per heavy atom. The molecule has 0 radical (unpaired) electrons. The Labute approximate surface area is 78.9 Å². The number of aliphatic hydroxyl groups is 1. The second-order valence-electron chi connectivity index (χ2n) is 3.47. The van der Waals surface area contributed by atoms with E-state index in [-0.39, 0.29) is 18.6 Å². The molecule has 1 heterocycles. The van der Waals surface area contributed by atoms with Crippen molar-refractivity contribution in [3.63, 3.8) is 0 Å². The number of urea groups is 1. The van der Waals surface area contributed by atoms with Crippen LogP contribution in [0, 0.1) is 5.92 Å². The number of nitrogens with zero attached hydrogens (tertiary/aromatic N) is 1. The van der Waals surface area contributed by atoms with Crippen molar-refractivity contribution >= 4 is 6.03 Å². The molecule has 13 heavy (non-hydrogen) atoms. The third kappa shape index (κ3) is 2.88. The van der Waals surface area contributed by atoms with E-state index in [4.69, 9.17) is 5.11 Å². The van der Waals surface area contributed by atoms with Crippen LogP contribution in [-0.4, -0.2) is 42.3 Å². The maximum atomic E-state index is 11.4. The lowest BCUT2D eigenvalue weighted by atomic mass is 9.99. The van der Waals surface area contributed by atoms with Crippen molar-refractivity contribution in [3.8, 4) is 0 Å². The van der Waals surface area contributed by atoms with Crippen LogP contribution in [0.15, 0.2) is 0 Å². The maximum Gasteiger partial charge on any atom is 0.317 e. The largest absolute Gasteiger partial charge is 0.396 e. The lowest BCUT2D eigenvalue weighted by Gasteiger charge is -2.31. The van der Waals surface area contributed by atoms with E-state index in [2.05, 4.69) is 5.32 Å². The average Bonchev–Trinajstić information content (AvgIpc) is 2.18. The molecule has 4 nitrogen and oxygen atoms in total. The van der Waals surface area contributed by atoms with Gasteiger partial charge in [0.15, 0.2) is 0 Å². The number of hydrogen-bond acceptors (Lipinski definition) is 2. The number of piperidine rings is 1. The summed E-state index contributed by atoms with van der Waals surface area (Å²) in [4.78, 5) is 13.2. The molecule has 1 unspecified atom stereocenters. The van der Waals surface area contributed by atoms with Crippen molar-refractivity contribution < 1.29 is 9.90 Å². The Morgan fingerprint density at radius 2 is 2.46 bits per heavy atom. The number of likely N-dealkylation sites (tertiary alicyclic amines) is 1. The van der Waals surface area contributed by atoms with E-state index < -0.39 is 0 Å². The summed E-state index contributed by atoms with van der Waals surface area (Å²) in [6.07, 6.45) is 2.04. The monoisotopic (exact) mass is 186 g/mol. The van der Waals surface area contributed by atoms with E-state index >= 15 is 0 Å². The third-order valence-electron chi connectivity index (χ3n) is 2.39. The summed E-state index contributed by atoms with van der Waals surface area (Å²) >= 11 is 0. The minimum atomic E-state index is 0.000602. The summed E-state index contributed by atoms with van der Waals surface area (Å²) in [7, 11) is 0. The topological polar surface area (TPSA) is 52.6 Å². The Balaban J connectivity index is 2.37. The SMILES string of the molecule is CCNC(=O)N1CCCC(CO)C1. The zero-order valence-electron chi connectivity index (χ0n) is 8.12. The highest BCUT2D eigenvalue weighted by Crippen LogP contribution is 2.15. The molecule has 1 atom stereocenters. The molecule has 0 bridgehead atoms.